The molecule has 0 aliphatic carbocycles. The summed E-state index contributed by atoms with van der Waals surface area (Å²) in [5.41, 5.74) is 9.36. The van der Waals surface area contributed by atoms with Crippen molar-refractivity contribution in [2.75, 3.05) is 0 Å². The Labute approximate surface area is 119 Å². The lowest BCUT2D eigenvalue weighted by atomic mass is 9.93. The quantitative estimate of drug-likeness (QED) is 0.697. The van der Waals surface area contributed by atoms with Gasteiger partial charge in [0.2, 0.25) is 0 Å². The van der Waals surface area contributed by atoms with Crippen LogP contribution in [0.5, 0.6) is 0 Å². The van der Waals surface area contributed by atoms with Crippen LogP contribution in [-0.4, -0.2) is 5.78 Å². The molecule has 0 spiro atoms. The van der Waals surface area contributed by atoms with E-state index in [4.69, 9.17) is 5.50 Å². The Morgan fingerprint density at radius 2 is 1.65 bits per heavy atom. The van der Waals surface area contributed by atoms with Gasteiger partial charge in [0, 0.05) is 16.4 Å². The highest BCUT2D eigenvalue weighted by molar-refractivity contribution is 7.51. The van der Waals surface area contributed by atoms with Crippen LogP contribution in [0.3, 0.4) is 0 Å². The van der Waals surface area contributed by atoms with Crippen molar-refractivity contribution >= 4 is 19.0 Å². The van der Waals surface area contributed by atoms with Gasteiger partial charge >= 0.3 is 0 Å². The number of ketones is 1. The van der Waals surface area contributed by atoms with Gasteiger partial charge in [-0.05, 0) is 37.5 Å². The summed E-state index contributed by atoms with van der Waals surface area (Å²) < 4.78 is 11.8. The molecule has 0 amide bonds. The van der Waals surface area contributed by atoms with Crippen LogP contribution < -0.4 is 10.8 Å². The van der Waals surface area contributed by atoms with Gasteiger partial charge in [-0.3, -0.25) is 10.3 Å². The van der Waals surface area contributed by atoms with Crippen LogP contribution >= 0.6 is 7.95 Å². The molecule has 2 aromatic rings. The molecule has 0 saturated heterocycles. The van der Waals surface area contributed by atoms with E-state index in [2.05, 4.69) is 0 Å². The van der Waals surface area contributed by atoms with Crippen LogP contribution in [0.2, 0.25) is 0 Å². The third-order valence-corrected chi connectivity index (χ3v) is 4.74. The molecule has 4 heteroatoms. The van der Waals surface area contributed by atoms with Crippen molar-refractivity contribution in [2.45, 2.75) is 20.8 Å². The molecular weight excluding hydrogens is 269 g/mol. The van der Waals surface area contributed by atoms with Crippen LogP contribution in [0.1, 0.15) is 32.6 Å². The molecule has 0 bridgehead atoms. The maximum absolute atomic E-state index is 12.6. The maximum Gasteiger partial charge on any atom is 0.193 e. The van der Waals surface area contributed by atoms with E-state index in [9.17, 15) is 9.36 Å². The van der Waals surface area contributed by atoms with Gasteiger partial charge in [-0.2, -0.15) is 0 Å². The third kappa shape index (κ3) is 2.60. The number of carbonyl (C=O) groups is 1. The van der Waals surface area contributed by atoms with Crippen LogP contribution in [-0.2, 0) is 4.57 Å². The van der Waals surface area contributed by atoms with Gasteiger partial charge in [-0.25, -0.2) is 0 Å². The summed E-state index contributed by atoms with van der Waals surface area (Å²) in [6, 6.07) is 11.0. The van der Waals surface area contributed by atoms with Gasteiger partial charge in [0.1, 0.15) is 0 Å². The summed E-state index contributed by atoms with van der Waals surface area (Å²) in [6.07, 6.45) is 0. The fourth-order valence-corrected chi connectivity index (χ4v) is 3.60. The molecular formula is C16H18NO2P. The molecule has 0 aromatic heterocycles. The average molecular weight is 287 g/mol. The minimum absolute atomic E-state index is 0.0508. The average Bonchev–Trinajstić information content (AvgIpc) is 2.38. The van der Waals surface area contributed by atoms with E-state index in [-0.39, 0.29) is 5.78 Å². The van der Waals surface area contributed by atoms with Crippen molar-refractivity contribution in [3.05, 3.63) is 64.2 Å². The van der Waals surface area contributed by atoms with Gasteiger partial charge < -0.3 is 4.57 Å². The summed E-state index contributed by atoms with van der Waals surface area (Å²) in [7, 11) is -2.33. The Kier molecular flexibility index (Phi) is 4.22. The standard InChI is InChI=1S/C16H18NO2P/c1-10-9-11(2)16(20(17)19)12(3)14(10)15(18)13-7-5-4-6-8-13/h4-9,20H,1-3H3,(H2,17,19). The van der Waals surface area contributed by atoms with Gasteiger partial charge in [0.05, 0.1) is 0 Å². The lowest BCUT2D eigenvalue weighted by Gasteiger charge is -2.15. The monoisotopic (exact) mass is 287 g/mol. The van der Waals surface area contributed by atoms with Crippen LogP contribution in [0, 0.1) is 20.8 Å². The topological polar surface area (TPSA) is 60.2 Å². The lowest BCUT2D eigenvalue weighted by Crippen LogP contribution is -2.18. The number of rotatable bonds is 3. The SMILES string of the molecule is Cc1cc(C)c([PH](N)=O)c(C)c1C(=O)c1ccccc1. The molecule has 0 aliphatic heterocycles. The summed E-state index contributed by atoms with van der Waals surface area (Å²) in [5.74, 6) is -0.0508. The second-order valence-corrected chi connectivity index (χ2v) is 6.17. The minimum atomic E-state index is -2.33. The van der Waals surface area contributed by atoms with Crippen molar-refractivity contribution in [1.29, 1.82) is 0 Å². The van der Waals surface area contributed by atoms with E-state index in [1.54, 1.807) is 12.1 Å². The second kappa shape index (κ2) is 5.74. The predicted molar refractivity (Wildman–Crippen MR) is 83.4 cm³/mol. The Morgan fingerprint density at radius 3 is 2.20 bits per heavy atom. The lowest BCUT2D eigenvalue weighted by molar-refractivity contribution is 0.103. The molecule has 2 N–H and O–H groups in total. The predicted octanol–water partition coefficient (Wildman–Crippen LogP) is 2.90. The Balaban J connectivity index is 2.66. The first-order valence-electron chi connectivity index (χ1n) is 6.43. The number of hydrogen-bond acceptors (Lipinski definition) is 2. The summed E-state index contributed by atoms with van der Waals surface area (Å²) in [5, 5.41) is 0.625. The fourth-order valence-electron chi connectivity index (χ4n) is 2.65. The zero-order valence-corrected chi connectivity index (χ0v) is 12.9. The van der Waals surface area contributed by atoms with Crippen LogP contribution in [0.4, 0.5) is 0 Å². The van der Waals surface area contributed by atoms with E-state index >= 15 is 0 Å². The molecule has 0 heterocycles. The van der Waals surface area contributed by atoms with Crippen LogP contribution in [0.25, 0.3) is 0 Å². The van der Waals surface area contributed by atoms with E-state index < -0.39 is 7.95 Å². The molecule has 2 aromatic carbocycles. The van der Waals surface area contributed by atoms with E-state index in [0.29, 0.717) is 16.4 Å². The Morgan fingerprint density at radius 1 is 1.05 bits per heavy atom. The molecule has 104 valence electrons. The highest BCUT2D eigenvalue weighted by Crippen LogP contribution is 2.24. The van der Waals surface area contributed by atoms with Crippen molar-refractivity contribution in [2.24, 2.45) is 5.50 Å². The van der Waals surface area contributed by atoms with Gasteiger partial charge in [0.25, 0.3) is 0 Å². The van der Waals surface area contributed by atoms with Crippen molar-refractivity contribution in [3.8, 4) is 0 Å². The highest BCUT2D eigenvalue weighted by atomic mass is 31.1. The molecule has 0 aliphatic rings. The summed E-state index contributed by atoms with van der Waals surface area (Å²) in [4.78, 5) is 12.6. The Hall–Kier alpha value is -1.70. The molecule has 3 nitrogen and oxygen atoms in total. The van der Waals surface area contributed by atoms with Gasteiger partial charge in [0.15, 0.2) is 13.7 Å². The van der Waals surface area contributed by atoms with Gasteiger partial charge in [-0.1, -0.05) is 36.4 Å². The van der Waals surface area contributed by atoms with Crippen molar-refractivity contribution in [3.63, 3.8) is 0 Å². The second-order valence-electron chi connectivity index (χ2n) is 4.94. The summed E-state index contributed by atoms with van der Waals surface area (Å²) in [6.45, 7) is 5.59. The molecule has 2 rings (SSSR count). The van der Waals surface area contributed by atoms with E-state index in [1.165, 1.54) is 0 Å². The maximum atomic E-state index is 12.6. The zero-order chi connectivity index (χ0) is 14.9. The molecule has 0 radical (unpaired) electrons. The third-order valence-electron chi connectivity index (χ3n) is 3.48. The van der Waals surface area contributed by atoms with E-state index in [0.717, 1.165) is 16.7 Å². The highest BCUT2D eigenvalue weighted by Gasteiger charge is 2.19. The molecule has 1 unspecified atom stereocenters. The van der Waals surface area contributed by atoms with Crippen LogP contribution in [0.15, 0.2) is 36.4 Å². The largest absolute Gasteiger partial charge is 0.305 e. The fraction of sp³-hybridized carbons (Fsp3) is 0.188. The number of benzene rings is 2. The first-order valence-corrected chi connectivity index (χ1v) is 7.92. The van der Waals surface area contributed by atoms with Crippen molar-refractivity contribution < 1.29 is 9.36 Å². The smallest absolute Gasteiger partial charge is 0.193 e. The molecule has 20 heavy (non-hydrogen) atoms. The first kappa shape index (κ1) is 14.7. The zero-order valence-electron chi connectivity index (χ0n) is 11.9. The molecule has 1 atom stereocenters. The van der Waals surface area contributed by atoms with Gasteiger partial charge in [-0.15, -0.1) is 0 Å². The molecule has 0 saturated carbocycles. The Bertz CT molecular complexity index is 693. The molecule has 0 fully saturated rings. The normalized spacial score (nSPS) is 12.2. The van der Waals surface area contributed by atoms with Crippen molar-refractivity contribution in [1.82, 2.24) is 0 Å². The number of nitrogens with two attached hydrogens (primary N) is 1. The first-order chi connectivity index (χ1) is 9.43. The number of hydrogen-bond donors (Lipinski definition) is 1. The minimum Gasteiger partial charge on any atom is -0.305 e. The number of carbonyl (C=O) groups excluding carboxylic acids is 1. The summed E-state index contributed by atoms with van der Waals surface area (Å²) >= 11 is 0. The number of aryl methyl sites for hydroxylation is 2. The van der Waals surface area contributed by atoms with E-state index in [1.807, 2.05) is 45.0 Å².